The predicted molar refractivity (Wildman–Crippen MR) is 147 cm³/mol. The minimum absolute atomic E-state index is 0.195. The van der Waals surface area contributed by atoms with Gasteiger partial charge in [-0.25, -0.2) is 9.38 Å². The Morgan fingerprint density at radius 1 is 1.11 bits per heavy atom. The summed E-state index contributed by atoms with van der Waals surface area (Å²) >= 11 is 0. The van der Waals surface area contributed by atoms with Gasteiger partial charge in [-0.1, -0.05) is 13.0 Å². The number of aliphatic imine (C=N–C) groups is 1. The number of methoxy groups -OCH3 is 1. The molecular formula is C29H35FN4O4. The fourth-order valence-electron chi connectivity index (χ4n) is 5.09. The highest BCUT2D eigenvalue weighted by Gasteiger charge is 2.48. The number of anilines is 2. The summed E-state index contributed by atoms with van der Waals surface area (Å²) in [5.74, 6) is -0.508. The maximum atomic E-state index is 15.0. The zero-order chi connectivity index (χ0) is 27.1. The van der Waals surface area contributed by atoms with Gasteiger partial charge in [-0.05, 0) is 73.6 Å². The van der Waals surface area contributed by atoms with Crippen molar-refractivity contribution in [3.05, 3.63) is 52.7 Å². The predicted octanol–water partition coefficient (Wildman–Crippen LogP) is 3.31. The Bertz CT molecular complexity index is 1300. The molecule has 0 saturated heterocycles. The Labute approximate surface area is 222 Å². The van der Waals surface area contributed by atoms with Gasteiger partial charge in [0.05, 0.1) is 11.8 Å². The first-order valence-electron chi connectivity index (χ1n) is 12.9. The second kappa shape index (κ2) is 12.2. The van der Waals surface area contributed by atoms with Crippen molar-refractivity contribution in [2.45, 2.75) is 51.5 Å². The molecule has 1 spiro atoms. The summed E-state index contributed by atoms with van der Waals surface area (Å²) in [6, 6.07) is 9.99. The molecular weight excluding hydrogens is 487 g/mol. The normalized spacial score (nSPS) is 16.9. The number of nitrogens with zero attached hydrogens (tertiary/aromatic N) is 1. The highest BCUT2D eigenvalue weighted by atomic mass is 19.1. The van der Waals surface area contributed by atoms with Crippen molar-refractivity contribution in [1.29, 1.82) is 0 Å². The summed E-state index contributed by atoms with van der Waals surface area (Å²) in [6.07, 6.45) is 7.20. The van der Waals surface area contributed by atoms with E-state index in [1.165, 1.54) is 25.3 Å². The van der Waals surface area contributed by atoms with Crippen LogP contribution >= 0.6 is 0 Å². The van der Waals surface area contributed by atoms with Gasteiger partial charge < -0.3 is 25.4 Å². The summed E-state index contributed by atoms with van der Waals surface area (Å²) in [5, 5.41) is 9.46. The number of benzene rings is 2. The molecule has 0 aromatic heterocycles. The second-order valence-electron chi connectivity index (χ2n) is 9.97. The van der Waals surface area contributed by atoms with Gasteiger partial charge in [0.2, 0.25) is 11.8 Å². The van der Waals surface area contributed by atoms with Gasteiger partial charge in [0.1, 0.15) is 30.4 Å². The van der Waals surface area contributed by atoms with Crippen LogP contribution in [0.25, 0.3) is 12.4 Å². The molecule has 2 amide bonds. The first kappa shape index (κ1) is 27.3. The Balaban J connectivity index is 1.36. The number of hydrogen-bond donors (Lipinski definition) is 3. The van der Waals surface area contributed by atoms with Gasteiger partial charge in [0, 0.05) is 36.8 Å². The molecule has 0 heterocycles. The lowest BCUT2D eigenvalue weighted by Crippen LogP contribution is -2.53. The smallest absolute Gasteiger partial charge is 0.233 e. The van der Waals surface area contributed by atoms with Crippen molar-refractivity contribution in [2.75, 3.05) is 31.0 Å². The van der Waals surface area contributed by atoms with Crippen LogP contribution in [0, 0.1) is 11.2 Å². The minimum atomic E-state index is -0.523. The van der Waals surface area contributed by atoms with Gasteiger partial charge in [-0.3, -0.25) is 9.59 Å². The lowest BCUT2D eigenvalue weighted by molar-refractivity contribution is -0.129. The van der Waals surface area contributed by atoms with Gasteiger partial charge in [-0.2, -0.15) is 0 Å². The molecule has 2 fully saturated rings. The van der Waals surface area contributed by atoms with Crippen molar-refractivity contribution in [3.63, 3.8) is 0 Å². The van der Waals surface area contributed by atoms with E-state index in [-0.39, 0.29) is 35.3 Å². The van der Waals surface area contributed by atoms with Crippen LogP contribution in [-0.2, 0) is 14.3 Å². The zero-order valence-electron chi connectivity index (χ0n) is 21.9. The van der Waals surface area contributed by atoms with E-state index in [0.717, 1.165) is 12.8 Å². The Morgan fingerprint density at radius 3 is 2.37 bits per heavy atom. The van der Waals surface area contributed by atoms with Gasteiger partial charge >= 0.3 is 0 Å². The Hall–Kier alpha value is -3.72. The summed E-state index contributed by atoms with van der Waals surface area (Å²) in [4.78, 5) is 28.9. The van der Waals surface area contributed by atoms with Gasteiger partial charge in [0.15, 0.2) is 0 Å². The highest BCUT2D eigenvalue weighted by Crippen LogP contribution is 2.55. The van der Waals surface area contributed by atoms with E-state index < -0.39 is 5.82 Å². The number of rotatable bonds is 11. The number of carbonyl (C=O) groups excluding carboxylic acids is 2. The number of amides is 2. The molecule has 0 radical (unpaired) electrons. The molecule has 38 heavy (non-hydrogen) atoms. The van der Waals surface area contributed by atoms with Crippen LogP contribution in [0.2, 0.25) is 0 Å². The molecule has 3 N–H and O–H groups in total. The maximum absolute atomic E-state index is 15.0. The molecule has 0 unspecified atom stereocenters. The first-order valence-corrected chi connectivity index (χ1v) is 12.9. The van der Waals surface area contributed by atoms with Crippen LogP contribution in [-0.4, -0.2) is 44.4 Å². The quantitative estimate of drug-likeness (QED) is 0.239. The van der Waals surface area contributed by atoms with E-state index >= 15 is 4.39 Å². The molecule has 0 bridgehead atoms. The number of carbonyl (C=O) groups is 2. The summed E-state index contributed by atoms with van der Waals surface area (Å²) < 4.78 is 25.5. The summed E-state index contributed by atoms with van der Waals surface area (Å²) in [5.41, 5.74) is 1.65. The lowest BCUT2D eigenvalue weighted by atomic mass is 9.54. The van der Waals surface area contributed by atoms with E-state index in [9.17, 15) is 9.59 Å². The molecule has 2 aromatic rings. The van der Waals surface area contributed by atoms with E-state index in [1.54, 1.807) is 50.6 Å². The van der Waals surface area contributed by atoms with Gasteiger partial charge in [0.25, 0.3) is 0 Å². The average Bonchev–Trinajstić information content (AvgIpc) is 2.81. The van der Waals surface area contributed by atoms with Crippen LogP contribution in [0.5, 0.6) is 5.75 Å². The molecule has 0 atom stereocenters. The highest BCUT2D eigenvalue weighted by molar-refractivity contribution is 6.03. The standard InChI is InChI=1S/C29H35FN4O4/c1-4-31-28(27-19(2)14-23(15-24(27)30)38-13-12-37-3)34-21-8-6-20(7-9-21)32-25(35)16-26(36)33-22-17-29(18-22)10-5-11-29/h4,6-9,14-15,22,34H,2,5,10-13,16-18H2,1,3H3,(H,32,35)(H,33,36)/b28-27-,31-4-. The summed E-state index contributed by atoms with van der Waals surface area (Å²) in [7, 11) is 1.56. The van der Waals surface area contributed by atoms with Crippen LogP contribution < -0.4 is 31.1 Å². The van der Waals surface area contributed by atoms with Crippen LogP contribution in [0.3, 0.4) is 0 Å². The molecule has 2 aromatic carbocycles. The van der Waals surface area contributed by atoms with E-state index in [4.69, 9.17) is 9.47 Å². The van der Waals surface area contributed by atoms with Crippen molar-refractivity contribution in [2.24, 2.45) is 10.4 Å². The molecule has 9 heteroatoms. The van der Waals surface area contributed by atoms with Crippen LogP contribution in [0.4, 0.5) is 15.8 Å². The van der Waals surface area contributed by atoms with Crippen molar-refractivity contribution >= 4 is 41.8 Å². The topological polar surface area (TPSA) is 101 Å². The first-order chi connectivity index (χ1) is 18.3. The number of nitrogens with one attached hydrogen (secondary N) is 3. The van der Waals surface area contributed by atoms with Gasteiger partial charge in [-0.15, -0.1) is 0 Å². The maximum Gasteiger partial charge on any atom is 0.233 e. The third-order valence-corrected chi connectivity index (χ3v) is 7.09. The summed E-state index contributed by atoms with van der Waals surface area (Å²) in [6.45, 7) is 6.38. The monoisotopic (exact) mass is 522 g/mol. The molecule has 4 rings (SSSR count). The van der Waals surface area contributed by atoms with Crippen molar-refractivity contribution in [1.82, 2.24) is 5.32 Å². The molecule has 2 aliphatic rings. The molecule has 8 nitrogen and oxygen atoms in total. The minimum Gasteiger partial charge on any atom is -0.491 e. The fourth-order valence-corrected chi connectivity index (χ4v) is 5.09. The van der Waals surface area contributed by atoms with E-state index in [2.05, 4.69) is 27.5 Å². The average molecular weight is 523 g/mol. The molecule has 2 saturated carbocycles. The Morgan fingerprint density at radius 2 is 1.79 bits per heavy atom. The molecule has 0 aliphatic heterocycles. The van der Waals surface area contributed by atoms with Crippen LogP contribution in [0.15, 0.2) is 41.4 Å². The molecule has 2 aliphatic carbocycles. The number of ether oxygens (including phenoxy) is 2. The third-order valence-electron chi connectivity index (χ3n) is 7.09. The van der Waals surface area contributed by atoms with Crippen LogP contribution in [0.1, 0.15) is 45.4 Å². The molecule has 202 valence electrons. The Kier molecular flexibility index (Phi) is 8.78. The number of halogens is 1. The number of hydrogen-bond acceptors (Lipinski definition) is 6. The zero-order valence-corrected chi connectivity index (χ0v) is 21.9. The van der Waals surface area contributed by atoms with E-state index in [1.807, 2.05) is 0 Å². The van der Waals surface area contributed by atoms with Crippen molar-refractivity contribution < 1.29 is 23.5 Å². The lowest BCUT2D eigenvalue weighted by Gasteiger charge is -2.54. The van der Waals surface area contributed by atoms with Crippen molar-refractivity contribution in [3.8, 4) is 5.75 Å². The largest absolute Gasteiger partial charge is 0.491 e. The second-order valence-corrected chi connectivity index (χ2v) is 9.97. The fraction of sp³-hybridized carbons (Fsp3) is 0.414. The third kappa shape index (κ3) is 6.77. The van der Waals surface area contributed by atoms with E-state index in [0.29, 0.717) is 41.0 Å². The SMILES string of the molecule is C=c1cc(OCCOC)cc(F)/c1=C(/N=C\C)Nc1ccc(NC(=O)CC(=O)NC2CC3(CCC3)C2)cc1.